The van der Waals surface area contributed by atoms with Crippen molar-refractivity contribution in [2.75, 3.05) is 20.3 Å². The van der Waals surface area contributed by atoms with Crippen LogP contribution in [0.3, 0.4) is 0 Å². The average molecular weight is 593 g/mol. The van der Waals surface area contributed by atoms with Gasteiger partial charge in [-0.3, -0.25) is 14.2 Å². The zero-order valence-electron chi connectivity index (χ0n) is 24.8. The number of carbonyl (C=O) groups excluding carboxylic acids is 2. The topological polar surface area (TPSA) is 105 Å². The molecule has 4 rings (SSSR count). The number of methoxy groups -OCH3 is 1. The Morgan fingerprint density at radius 2 is 1.86 bits per heavy atom. The lowest BCUT2D eigenvalue weighted by Crippen LogP contribution is -2.40. The molecule has 0 spiro atoms. The van der Waals surface area contributed by atoms with Crippen molar-refractivity contribution in [2.24, 2.45) is 10.9 Å². The molecule has 2 heterocycles. The SMILES string of the molecule is CCCCOc1ccc(/C=c2/sc3n(c2=O)[C@H](c2ccc(OC(C)=O)c(OC)c2)C(C(=O)OCC(C)C)=C(C)N=3)cc1. The quantitative estimate of drug-likeness (QED) is 0.183. The fourth-order valence-corrected chi connectivity index (χ4v) is 5.50. The molecule has 0 saturated carbocycles. The van der Waals surface area contributed by atoms with Crippen LogP contribution >= 0.6 is 11.3 Å². The van der Waals surface area contributed by atoms with Crippen molar-refractivity contribution in [3.05, 3.63) is 84.5 Å². The van der Waals surface area contributed by atoms with Crippen LogP contribution in [0.4, 0.5) is 0 Å². The van der Waals surface area contributed by atoms with Crippen LogP contribution in [0, 0.1) is 5.92 Å². The van der Waals surface area contributed by atoms with E-state index in [-0.39, 0.29) is 35.2 Å². The zero-order chi connectivity index (χ0) is 30.4. The number of rotatable bonds is 11. The van der Waals surface area contributed by atoms with E-state index in [1.165, 1.54) is 29.9 Å². The van der Waals surface area contributed by atoms with Crippen molar-refractivity contribution in [1.29, 1.82) is 0 Å². The highest BCUT2D eigenvalue weighted by molar-refractivity contribution is 7.07. The molecule has 1 aliphatic heterocycles. The minimum Gasteiger partial charge on any atom is -0.494 e. The standard InChI is InChI=1S/C32H36N2O7S/c1-7-8-15-39-24-12-9-22(10-13-24)16-27-30(36)34-29(23-11-14-25(41-21(5)35)26(17-23)38-6)28(20(4)33-32(34)42-27)31(37)40-18-19(2)3/h9-14,16-17,19,29H,7-8,15,18H2,1-6H3/b27-16+/t29-/m1/s1. The van der Waals surface area contributed by atoms with Gasteiger partial charge in [0.25, 0.3) is 5.56 Å². The van der Waals surface area contributed by atoms with E-state index in [0.717, 1.165) is 24.2 Å². The molecule has 0 aliphatic carbocycles. The van der Waals surface area contributed by atoms with Crippen molar-refractivity contribution in [3.8, 4) is 17.2 Å². The number of unbranched alkanes of at least 4 members (excludes halogenated alkanes) is 1. The summed E-state index contributed by atoms with van der Waals surface area (Å²) in [6, 6.07) is 11.7. The van der Waals surface area contributed by atoms with Gasteiger partial charge in [0, 0.05) is 6.92 Å². The highest BCUT2D eigenvalue weighted by Gasteiger charge is 2.34. The third kappa shape index (κ3) is 6.99. The predicted octanol–water partition coefficient (Wildman–Crippen LogP) is 4.55. The lowest BCUT2D eigenvalue weighted by Gasteiger charge is -2.25. The second-order valence-corrected chi connectivity index (χ2v) is 11.4. The van der Waals surface area contributed by atoms with Crippen LogP contribution in [0.5, 0.6) is 17.2 Å². The molecule has 2 aromatic carbocycles. The molecule has 1 atom stereocenters. The Morgan fingerprint density at radius 1 is 1.12 bits per heavy atom. The van der Waals surface area contributed by atoms with E-state index in [4.69, 9.17) is 18.9 Å². The van der Waals surface area contributed by atoms with Gasteiger partial charge in [-0.15, -0.1) is 0 Å². The normalized spacial score (nSPS) is 14.8. The number of thiazole rings is 1. The molecular weight excluding hydrogens is 556 g/mol. The van der Waals surface area contributed by atoms with Crippen LogP contribution in [0.25, 0.3) is 6.08 Å². The highest BCUT2D eigenvalue weighted by atomic mass is 32.1. The number of hydrogen-bond acceptors (Lipinski definition) is 9. The maximum Gasteiger partial charge on any atom is 0.338 e. The number of esters is 2. The van der Waals surface area contributed by atoms with E-state index < -0.39 is 18.0 Å². The van der Waals surface area contributed by atoms with E-state index in [2.05, 4.69) is 11.9 Å². The summed E-state index contributed by atoms with van der Waals surface area (Å²) in [7, 11) is 1.45. The first-order chi connectivity index (χ1) is 20.1. The minimum atomic E-state index is -0.835. The monoisotopic (exact) mass is 592 g/mol. The molecule has 9 nitrogen and oxygen atoms in total. The number of carbonyl (C=O) groups is 2. The van der Waals surface area contributed by atoms with Crippen LogP contribution in [0.15, 0.2) is 63.5 Å². The van der Waals surface area contributed by atoms with E-state index in [1.54, 1.807) is 31.2 Å². The smallest absolute Gasteiger partial charge is 0.338 e. The molecule has 0 saturated heterocycles. The fourth-order valence-electron chi connectivity index (χ4n) is 4.46. The van der Waals surface area contributed by atoms with Gasteiger partial charge in [-0.05, 0) is 60.7 Å². The number of nitrogens with zero attached hydrogens (tertiary/aromatic N) is 2. The molecule has 1 aliphatic rings. The second-order valence-electron chi connectivity index (χ2n) is 10.3. The third-order valence-electron chi connectivity index (χ3n) is 6.49. The summed E-state index contributed by atoms with van der Waals surface area (Å²) >= 11 is 1.24. The Hall–Kier alpha value is -4.18. The van der Waals surface area contributed by atoms with Gasteiger partial charge >= 0.3 is 11.9 Å². The maximum absolute atomic E-state index is 13.9. The Morgan fingerprint density at radius 3 is 2.50 bits per heavy atom. The van der Waals surface area contributed by atoms with Crippen molar-refractivity contribution >= 4 is 29.4 Å². The van der Waals surface area contributed by atoms with Gasteiger partial charge in [-0.1, -0.05) is 56.7 Å². The molecule has 0 amide bonds. The largest absolute Gasteiger partial charge is 0.494 e. The van der Waals surface area contributed by atoms with Crippen molar-refractivity contribution in [3.63, 3.8) is 0 Å². The summed E-state index contributed by atoms with van der Waals surface area (Å²) in [4.78, 5) is 44.1. The number of benzene rings is 2. The third-order valence-corrected chi connectivity index (χ3v) is 7.47. The van der Waals surface area contributed by atoms with Crippen molar-refractivity contribution in [2.45, 2.75) is 53.5 Å². The Labute approximate surface area is 248 Å². The van der Waals surface area contributed by atoms with Crippen LogP contribution in [-0.4, -0.2) is 36.8 Å². The maximum atomic E-state index is 13.9. The molecular formula is C32H36N2O7S. The number of fused-ring (bicyclic) bond motifs is 1. The first-order valence-corrected chi connectivity index (χ1v) is 14.7. The molecule has 0 unspecified atom stereocenters. The lowest BCUT2D eigenvalue weighted by atomic mass is 9.95. The summed E-state index contributed by atoms with van der Waals surface area (Å²) in [6.45, 7) is 9.92. The van der Waals surface area contributed by atoms with Gasteiger partial charge < -0.3 is 18.9 Å². The Kier molecular flexibility index (Phi) is 10.0. The van der Waals surface area contributed by atoms with Gasteiger partial charge in [0.2, 0.25) is 0 Å². The highest BCUT2D eigenvalue weighted by Crippen LogP contribution is 2.36. The minimum absolute atomic E-state index is 0.126. The van der Waals surface area contributed by atoms with E-state index in [9.17, 15) is 14.4 Å². The van der Waals surface area contributed by atoms with E-state index >= 15 is 0 Å². The van der Waals surface area contributed by atoms with Crippen molar-refractivity contribution in [1.82, 2.24) is 4.57 Å². The van der Waals surface area contributed by atoms with Crippen LogP contribution in [0.1, 0.15) is 64.6 Å². The van der Waals surface area contributed by atoms with E-state index in [1.807, 2.05) is 38.1 Å². The number of allylic oxidation sites excluding steroid dienone is 1. The Balaban J connectivity index is 1.82. The molecule has 10 heteroatoms. The van der Waals surface area contributed by atoms with Gasteiger partial charge in [0.05, 0.1) is 42.2 Å². The molecule has 0 N–H and O–H groups in total. The Bertz CT molecular complexity index is 1670. The summed E-state index contributed by atoms with van der Waals surface area (Å²) in [5, 5.41) is 0. The number of ether oxygens (including phenoxy) is 4. The molecule has 0 bridgehead atoms. The first kappa shape index (κ1) is 30.8. The molecule has 222 valence electrons. The first-order valence-electron chi connectivity index (χ1n) is 13.9. The zero-order valence-corrected chi connectivity index (χ0v) is 25.6. The molecule has 1 aromatic heterocycles. The van der Waals surface area contributed by atoms with Gasteiger partial charge in [-0.2, -0.15) is 0 Å². The summed E-state index contributed by atoms with van der Waals surface area (Å²) in [5.41, 5.74) is 1.83. The molecule has 42 heavy (non-hydrogen) atoms. The summed E-state index contributed by atoms with van der Waals surface area (Å²) in [5.74, 6) is 0.368. The van der Waals surface area contributed by atoms with Gasteiger partial charge in [0.1, 0.15) is 5.75 Å². The summed E-state index contributed by atoms with van der Waals surface area (Å²) in [6.07, 6.45) is 3.84. The average Bonchev–Trinajstić information content (AvgIpc) is 3.25. The number of hydrogen-bond donors (Lipinski definition) is 0. The predicted molar refractivity (Wildman–Crippen MR) is 161 cm³/mol. The van der Waals surface area contributed by atoms with Gasteiger partial charge in [0.15, 0.2) is 16.3 Å². The molecule has 0 radical (unpaired) electrons. The van der Waals surface area contributed by atoms with E-state index in [0.29, 0.717) is 27.2 Å². The van der Waals surface area contributed by atoms with Crippen LogP contribution < -0.4 is 29.1 Å². The molecule has 0 fully saturated rings. The van der Waals surface area contributed by atoms with Crippen molar-refractivity contribution < 1.29 is 28.5 Å². The molecule has 3 aromatic rings. The number of aromatic nitrogens is 1. The fraction of sp³-hybridized carbons (Fsp3) is 0.375. The van der Waals surface area contributed by atoms with Crippen LogP contribution in [-0.2, 0) is 14.3 Å². The van der Waals surface area contributed by atoms with Gasteiger partial charge in [-0.25, -0.2) is 9.79 Å². The summed E-state index contributed by atoms with van der Waals surface area (Å²) < 4.78 is 24.1. The second kappa shape index (κ2) is 13.7. The lowest BCUT2D eigenvalue weighted by molar-refractivity contribution is -0.140. The van der Waals surface area contributed by atoms with Crippen LogP contribution in [0.2, 0.25) is 0 Å².